The minimum Gasteiger partial charge on any atom is -0.481 e. The molecule has 0 aliphatic rings. The van der Waals surface area contributed by atoms with E-state index in [9.17, 15) is 4.79 Å². The molecule has 0 aromatic rings. The Bertz CT molecular complexity index is 109. The lowest BCUT2D eigenvalue weighted by Crippen LogP contribution is -2.17. The van der Waals surface area contributed by atoms with Crippen LogP contribution in [0.5, 0.6) is 0 Å². The van der Waals surface area contributed by atoms with Crippen molar-refractivity contribution in [3.63, 3.8) is 0 Å². The normalized spacial score (nSPS) is 11.8. The first-order valence-electron chi connectivity index (χ1n) is 3.62. The Balaban J connectivity index is 0. The standard InChI is InChI=1S/C7H15NO2.ClH/c1-2-3-6(5-8)4-7(9)10;/h6H,2-5,8H2,1H3,(H,9,10);1H. The zero-order valence-corrected chi connectivity index (χ0v) is 7.56. The van der Waals surface area contributed by atoms with Crippen molar-refractivity contribution in [3.8, 4) is 0 Å². The minimum absolute atomic E-state index is 0. The average molecular weight is 182 g/mol. The number of halogens is 1. The maximum atomic E-state index is 10.2. The summed E-state index contributed by atoms with van der Waals surface area (Å²) in [5.41, 5.74) is 5.34. The van der Waals surface area contributed by atoms with Crippen LogP contribution in [0, 0.1) is 5.92 Å². The molecule has 68 valence electrons. The second kappa shape index (κ2) is 7.82. The van der Waals surface area contributed by atoms with Gasteiger partial charge < -0.3 is 10.8 Å². The van der Waals surface area contributed by atoms with E-state index in [4.69, 9.17) is 10.8 Å². The lowest BCUT2D eigenvalue weighted by Gasteiger charge is -2.08. The summed E-state index contributed by atoms with van der Waals surface area (Å²) in [5.74, 6) is -0.577. The third kappa shape index (κ3) is 7.62. The second-order valence-electron chi connectivity index (χ2n) is 2.49. The molecular weight excluding hydrogens is 166 g/mol. The van der Waals surface area contributed by atoms with Crippen molar-refractivity contribution in [1.82, 2.24) is 0 Å². The first kappa shape index (κ1) is 13.3. The second-order valence-corrected chi connectivity index (χ2v) is 2.49. The Morgan fingerprint density at radius 1 is 1.64 bits per heavy atom. The summed E-state index contributed by atoms with van der Waals surface area (Å²) >= 11 is 0. The van der Waals surface area contributed by atoms with Gasteiger partial charge in [0.05, 0.1) is 0 Å². The number of carbonyl (C=O) groups is 1. The fourth-order valence-electron chi connectivity index (χ4n) is 0.958. The molecule has 0 saturated carbocycles. The summed E-state index contributed by atoms with van der Waals surface area (Å²) in [7, 11) is 0. The van der Waals surface area contributed by atoms with Crippen molar-refractivity contribution in [2.45, 2.75) is 26.2 Å². The molecular formula is C7H16ClNO2. The van der Waals surface area contributed by atoms with Gasteiger partial charge in [-0.15, -0.1) is 12.4 Å². The molecule has 0 aliphatic heterocycles. The minimum atomic E-state index is -0.746. The lowest BCUT2D eigenvalue weighted by molar-refractivity contribution is -0.138. The highest BCUT2D eigenvalue weighted by Crippen LogP contribution is 2.08. The molecule has 3 nitrogen and oxygen atoms in total. The Labute approximate surface area is 73.4 Å². The number of carboxylic acids is 1. The number of carboxylic acid groups (broad SMARTS) is 1. The molecule has 0 rings (SSSR count). The largest absolute Gasteiger partial charge is 0.481 e. The summed E-state index contributed by atoms with van der Waals surface area (Å²) in [6, 6.07) is 0. The van der Waals surface area contributed by atoms with E-state index in [1.54, 1.807) is 0 Å². The van der Waals surface area contributed by atoms with Crippen LogP contribution in [-0.2, 0) is 4.79 Å². The van der Waals surface area contributed by atoms with E-state index in [0.717, 1.165) is 12.8 Å². The molecule has 0 aromatic carbocycles. The van der Waals surface area contributed by atoms with Crippen molar-refractivity contribution in [3.05, 3.63) is 0 Å². The molecule has 0 spiro atoms. The van der Waals surface area contributed by atoms with E-state index in [2.05, 4.69) is 0 Å². The summed E-state index contributed by atoms with van der Waals surface area (Å²) in [6.07, 6.45) is 2.14. The van der Waals surface area contributed by atoms with Gasteiger partial charge in [0.2, 0.25) is 0 Å². The number of hydrogen-bond donors (Lipinski definition) is 2. The molecule has 0 heterocycles. The smallest absolute Gasteiger partial charge is 0.303 e. The van der Waals surface area contributed by atoms with Gasteiger partial charge in [0.15, 0.2) is 0 Å². The molecule has 0 amide bonds. The van der Waals surface area contributed by atoms with E-state index in [0.29, 0.717) is 6.54 Å². The molecule has 0 radical (unpaired) electrons. The summed E-state index contributed by atoms with van der Waals surface area (Å²) in [6.45, 7) is 2.52. The third-order valence-electron chi connectivity index (χ3n) is 1.49. The molecule has 0 aliphatic carbocycles. The maximum absolute atomic E-state index is 10.2. The SMILES string of the molecule is CCCC(CN)CC(=O)O.Cl. The van der Waals surface area contributed by atoms with Crippen LogP contribution >= 0.6 is 12.4 Å². The van der Waals surface area contributed by atoms with Crippen LogP contribution < -0.4 is 5.73 Å². The lowest BCUT2D eigenvalue weighted by atomic mass is 10.0. The average Bonchev–Trinajstić information content (AvgIpc) is 1.86. The zero-order valence-electron chi connectivity index (χ0n) is 6.75. The van der Waals surface area contributed by atoms with E-state index < -0.39 is 5.97 Å². The first-order chi connectivity index (χ1) is 4.70. The third-order valence-corrected chi connectivity index (χ3v) is 1.49. The van der Waals surface area contributed by atoms with E-state index in [-0.39, 0.29) is 24.7 Å². The highest BCUT2D eigenvalue weighted by molar-refractivity contribution is 5.85. The van der Waals surface area contributed by atoms with Gasteiger partial charge in [0, 0.05) is 6.42 Å². The predicted octanol–water partition coefficient (Wildman–Crippen LogP) is 1.26. The van der Waals surface area contributed by atoms with Crippen molar-refractivity contribution in [2.24, 2.45) is 11.7 Å². The van der Waals surface area contributed by atoms with Gasteiger partial charge in [-0.25, -0.2) is 0 Å². The van der Waals surface area contributed by atoms with Crippen molar-refractivity contribution < 1.29 is 9.90 Å². The molecule has 1 unspecified atom stereocenters. The monoisotopic (exact) mass is 181 g/mol. The molecule has 3 N–H and O–H groups in total. The summed E-state index contributed by atoms with van der Waals surface area (Å²) in [4.78, 5) is 10.2. The highest BCUT2D eigenvalue weighted by Gasteiger charge is 2.09. The molecule has 0 bridgehead atoms. The van der Waals surface area contributed by atoms with Crippen LogP contribution in [0.3, 0.4) is 0 Å². The molecule has 0 aromatic heterocycles. The van der Waals surface area contributed by atoms with Gasteiger partial charge in [0.25, 0.3) is 0 Å². The topological polar surface area (TPSA) is 63.3 Å². The van der Waals surface area contributed by atoms with Crippen LogP contribution in [0.4, 0.5) is 0 Å². The predicted molar refractivity (Wildman–Crippen MR) is 47.0 cm³/mol. The van der Waals surface area contributed by atoms with E-state index in [1.807, 2.05) is 6.92 Å². The van der Waals surface area contributed by atoms with Gasteiger partial charge in [-0.1, -0.05) is 13.3 Å². The van der Waals surface area contributed by atoms with Gasteiger partial charge in [-0.3, -0.25) is 4.79 Å². The van der Waals surface area contributed by atoms with Gasteiger partial charge in [-0.05, 0) is 18.9 Å². The fraction of sp³-hybridized carbons (Fsp3) is 0.857. The number of nitrogens with two attached hydrogens (primary N) is 1. The Hall–Kier alpha value is -0.280. The van der Waals surface area contributed by atoms with Crippen molar-refractivity contribution in [1.29, 1.82) is 0 Å². The molecule has 1 atom stereocenters. The molecule has 4 heteroatoms. The Morgan fingerprint density at radius 3 is 2.45 bits per heavy atom. The van der Waals surface area contributed by atoms with E-state index >= 15 is 0 Å². The van der Waals surface area contributed by atoms with Crippen molar-refractivity contribution >= 4 is 18.4 Å². The molecule has 0 saturated heterocycles. The van der Waals surface area contributed by atoms with Crippen LogP contribution in [0.25, 0.3) is 0 Å². The Kier molecular flexibility index (Phi) is 9.47. The number of rotatable bonds is 5. The van der Waals surface area contributed by atoms with E-state index in [1.165, 1.54) is 0 Å². The van der Waals surface area contributed by atoms with Crippen LogP contribution in [0.1, 0.15) is 26.2 Å². The van der Waals surface area contributed by atoms with Gasteiger partial charge in [-0.2, -0.15) is 0 Å². The molecule has 0 fully saturated rings. The first-order valence-corrected chi connectivity index (χ1v) is 3.62. The highest BCUT2D eigenvalue weighted by atomic mass is 35.5. The van der Waals surface area contributed by atoms with Crippen molar-refractivity contribution in [2.75, 3.05) is 6.54 Å². The van der Waals surface area contributed by atoms with Crippen LogP contribution in [0.2, 0.25) is 0 Å². The van der Waals surface area contributed by atoms with Crippen LogP contribution in [-0.4, -0.2) is 17.6 Å². The van der Waals surface area contributed by atoms with Crippen LogP contribution in [0.15, 0.2) is 0 Å². The molecule has 11 heavy (non-hydrogen) atoms. The quantitative estimate of drug-likeness (QED) is 0.671. The summed E-state index contributed by atoms with van der Waals surface area (Å²) < 4.78 is 0. The number of aliphatic carboxylic acids is 1. The summed E-state index contributed by atoms with van der Waals surface area (Å²) in [5, 5.41) is 8.39. The fourth-order valence-corrected chi connectivity index (χ4v) is 0.958. The Morgan fingerprint density at radius 2 is 2.18 bits per heavy atom. The maximum Gasteiger partial charge on any atom is 0.303 e. The van der Waals surface area contributed by atoms with Gasteiger partial charge in [0.1, 0.15) is 0 Å². The number of hydrogen-bond acceptors (Lipinski definition) is 2. The zero-order chi connectivity index (χ0) is 7.98. The van der Waals surface area contributed by atoms with Gasteiger partial charge >= 0.3 is 5.97 Å².